The molecule has 0 amide bonds. The Labute approximate surface area is 77.3 Å². The number of hydrogen-bond donors (Lipinski definition) is 0. The van der Waals surface area contributed by atoms with E-state index in [-0.39, 0.29) is 0 Å². The molecule has 0 N–H and O–H groups in total. The normalized spacial score (nSPS) is 15.1. The molecule has 64 valence electrons. The van der Waals surface area contributed by atoms with Crippen LogP contribution in [-0.2, 0) is 12.3 Å². The zero-order valence-corrected chi connectivity index (χ0v) is 7.60. The van der Waals surface area contributed by atoms with Crippen LogP contribution in [0.1, 0.15) is 17.5 Å². The Balaban J connectivity index is 2.36. The second-order valence-electron chi connectivity index (χ2n) is 3.03. The Morgan fingerprint density at radius 2 is 2.33 bits per heavy atom. The van der Waals surface area contributed by atoms with Crippen LogP contribution in [-0.4, -0.2) is 6.61 Å². The van der Waals surface area contributed by atoms with Gasteiger partial charge in [-0.05, 0) is 30.0 Å². The number of fused-ring (bicyclic) bond motifs is 1. The van der Waals surface area contributed by atoms with Gasteiger partial charge in [0.05, 0.1) is 6.61 Å². The zero-order valence-electron chi connectivity index (χ0n) is 6.85. The summed E-state index contributed by atoms with van der Waals surface area (Å²) in [6.45, 7) is 0.854. The summed E-state index contributed by atoms with van der Waals surface area (Å²) >= 11 is 5.73. The van der Waals surface area contributed by atoms with E-state index in [1.807, 2.05) is 12.1 Å². The van der Waals surface area contributed by atoms with Gasteiger partial charge in [0.25, 0.3) is 0 Å². The van der Waals surface area contributed by atoms with Crippen LogP contribution in [0.25, 0.3) is 0 Å². The number of halogens is 1. The van der Waals surface area contributed by atoms with E-state index >= 15 is 0 Å². The molecular formula is C10H11ClO. The molecule has 12 heavy (non-hydrogen) atoms. The fourth-order valence-electron chi connectivity index (χ4n) is 1.50. The minimum absolute atomic E-state index is 0.591. The quantitative estimate of drug-likeness (QED) is 0.607. The average Bonchev–Trinajstić information content (AvgIpc) is 2.17. The van der Waals surface area contributed by atoms with Crippen LogP contribution in [0.4, 0.5) is 0 Å². The van der Waals surface area contributed by atoms with Crippen LogP contribution >= 0.6 is 11.6 Å². The molecule has 1 aliphatic heterocycles. The maximum absolute atomic E-state index is 5.73. The smallest absolute Gasteiger partial charge is 0.122 e. The minimum atomic E-state index is 0.591. The van der Waals surface area contributed by atoms with Crippen LogP contribution in [0.5, 0.6) is 5.75 Å². The van der Waals surface area contributed by atoms with Gasteiger partial charge in [-0.1, -0.05) is 12.1 Å². The molecule has 1 nitrogen and oxygen atoms in total. The molecule has 0 bridgehead atoms. The predicted octanol–water partition coefficient (Wildman–Crippen LogP) is 2.75. The van der Waals surface area contributed by atoms with Crippen LogP contribution in [0.15, 0.2) is 18.2 Å². The molecule has 2 heteroatoms. The fourth-order valence-corrected chi connectivity index (χ4v) is 1.66. The van der Waals surface area contributed by atoms with Gasteiger partial charge in [0.15, 0.2) is 0 Å². The summed E-state index contributed by atoms with van der Waals surface area (Å²) in [5, 5.41) is 0. The van der Waals surface area contributed by atoms with Gasteiger partial charge in [-0.2, -0.15) is 0 Å². The van der Waals surface area contributed by atoms with Crippen molar-refractivity contribution in [2.24, 2.45) is 0 Å². The zero-order chi connectivity index (χ0) is 8.39. The van der Waals surface area contributed by atoms with Gasteiger partial charge >= 0.3 is 0 Å². The third-order valence-electron chi connectivity index (χ3n) is 2.13. The molecule has 0 aliphatic carbocycles. The molecule has 1 aromatic rings. The molecule has 0 saturated carbocycles. The number of rotatable bonds is 1. The average molecular weight is 183 g/mol. The van der Waals surface area contributed by atoms with Crippen molar-refractivity contribution in [1.29, 1.82) is 0 Å². The van der Waals surface area contributed by atoms with Gasteiger partial charge in [-0.3, -0.25) is 0 Å². The number of aryl methyl sites for hydroxylation is 1. The molecule has 1 heterocycles. The van der Waals surface area contributed by atoms with Crippen molar-refractivity contribution < 1.29 is 4.74 Å². The van der Waals surface area contributed by atoms with Crippen molar-refractivity contribution >= 4 is 11.6 Å². The maximum atomic E-state index is 5.73. The minimum Gasteiger partial charge on any atom is -0.493 e. The monoisotopic (exact) mass is 182 g/mol. The SMILES string of the molecule is ClCc1ccc2c(c1)CCCO2. The van der Waals surface area contributed by atoms with Gasteiger partial charge in [0, 0.05) is 5.88 Å². The first-order valence-electron chi connectivity index (χ1n) is 4.21. The summed E-state index contributed by atoms with van der Waals surface area (Å²) in [5.41, 5.74) is 2.49. The van der Waals surface area contributed by atoms with E-state index in [2.05, 4.69) is 6.07 Å². The molecule has 0 aromatic heterocycles. The van der Waals surface area contributed by atoms with Crippen molar-refractivity contribution in [2.75, 3.05) is 6.61 Å². The van der Waals surface area contributed by atoms with Crippen molar-refractivity contribution in [3.8, 4) is 5.75 Å². The van der Waals surface area contributed by atoms with E-state index in [0.29, 0.717) is 5.88 Å². The van der Waals surface area contributed by atoms with Crippen molar-refractivity contribution in [3.05, 3.63) is 29.3 Å². The summed E-state index contributed by atoms with van der Waals surface area (Å²) in [4.78, 5) is 0. The Hall–Kier alpha value is -0.690. The van der Waals surface area contributed by atoms with Crippen LogP contribution in [0, 0.1) is 0 Å². The molecular weight excluding hydrogens is 172 g/mol. The van der Waals surface area contributed by atoms with E-state index < -0.39 is 0 Å². The molecule has 0 radical (unpaired) electrons. The second kappa shape index (κ2) is 3.36. The highest BCUT2D eigenvalue weighted by Crippen LogP contribution is 2.25. The van der Waals surface area contributed by atoms with Gasteiger partial charge in [-0.25, -0.2) is 0 Å². The summed E-state index contributed by atoms with van der Waals surface area (Å²) in [6.07, 6.45) is 2.25. The highest BCUT2D eigenvalue weighted by molar-refractivity contribution is 6.17. The number of hydrogen-bond acceptors (Lipinski definition) is 1. The Kier molecular flexibility index (Phi) is 2.22. The lowest BCUT2D eigenvalue weighted by molar-refractivity contribution is 0.288. The molecule has 0 spiro atoms. The van der Waals surface area contributed by atoms with Gasteiger partial charge < -0.3 is 4.74 Å². The largest absolute Gasteiger partial charge is 0.493 e. The van der Waals surface area contributed by atoms with E-state index in [4.69, 9.17) is 16.3 Å². The second-order valence-corrected chi connectivity index (χ2v) is 3.29. The van der Waals surface area contributed by atoms with Crippen molar-refractivity contribution in [1.82, 2.24) is 0 Å². The lowest BCUT2D eigenvalue weighted by Gasteiger charge is -2.17. The molecule has 1 aliphatic rings. The Morgan fingerprint density at radius 3 is 3.17 bits per heavy atom. The molecule has 0 fully saturated rings. The highest BCUT2D eigenvalue weighted by atomic mass is 35.5. The highest BCUT2D eigenvalue weighted by Gasteiger charge is 2.09. The Bertz CT molecular complexity index is 283. The van der Waals surface area contributed by atoms with Crippen molar-refractivity contribution in [2.45, 2.75) is 18.7 Å². The van der Waals surface area contributed by atoms with Crippen molar-refractivity contribution in [3.63, 3.8) is 0 Å². The van der Waals surface area contributed by atoms with Gasteiger partial charge in [0.2, 0.25) is 0 Å². The topological polar surface area (TPSA) is 9.23 Å². The fraction of sp³-hybridized carbons (Fsp3) is 0.400. The standard InChI is InChI=1S/C10H11ClO/c11-7-8-3-4-10-9(6-8)2-1-5-12-10/h3-4,6H,1-2,5,7H2. The van der Waals surface area contributed by atoms with E-state index in [9.17, 15) is 0 Å². The molecule has 0 saturated heterocycles. The number of benzene rings is 1. The first kappa shape index (κ1) is 7.93. The molecule has 2 rings (SSSR count). The molecule has 0 atom stereocenters. The summed E-state index contributed by atoms with van der Waals surface area (Å²) in [6, 6.07) is 6.19. The molecule has 1 aromatic carbocycles. The summed E-state index contributed by atoms with van der Waals surface area (Å²) in [5.74, 6) is 1.63. The first-order chi connectivity index (χ1) is 5.90. The first-order valence-corrected chi connectivity index (χ1v) is 4.74. The third-order valence-corrected chi connectivity index (χ3v) is 2.44. The lowest BCUT2D eigenvalue weighted by atomic mass is 10.0. The van der Waals surface area contributed by atoms with Crippen LogP contribution in [0.2, 0.25) is 0 Å². The third kappa shape index (κ3) is 1.42. The van der Waals surface area contributed by atoms with Crippen LogP contribution in [0.3, 0.4) is 0 Å². The van der Waals surface area contributed by atoms with Gasteiger partial charge in [-0.15, -0.1) is 11.6 Å². The van der Waals surface area contributed by atoms with Crippen LogP contribution < -0.4 is 4.74 Å². The molecule has 0 unspecified atom stereocenters. The summed E-state index contributed by atoms with van der Waals surface area (Å²) in [7, 11) is 0. The predicted molar refractivity (Wildman–Crippen MR) is 49.8 cm³/mol. The summed E-state index contributed by atoms with van der Waals surface area (Å²) < 4.78 is 5.48. The van der Waals surface area contributed by atoms with E-state index in [1.54, 1.807) is 0 Å². The number of ether oxygens (including phenoxy) is 1. The van der Waals surface area contributed by atoms with E-state index in [0.717, 1.165) is 25.2 Å². The lowest BCUT2D eigenvalue weighted by Crippen LogP contribution is -2.08. The van der Waals surface area contributed by atoms with Gasteiger partial charge in [0.1, 0.15) is 5.75 Å². The maximum Gasteiger partial charge on any atom is 0.122 e. The Morgan fingerprint density at radius 1 is 1.42 bits per heavy atom. The van der Waals surface area contributed by atoms with E-state index in [1.165, 1.54) is 11.1 Å². The number of alkyl halides is 1.